The second-order valence-corrected chi connectivity index (χ2v) is 11.6. The van der Waals surface area contributed by atoms with E-state index in [1.54, 1.807) is 5.57 Å². The monoisotopic (exact) mass is 401 g/mol. The molecule has 21 heavy (non-hydrogen) atoms. The molecule has 2 saturated heterocycles. The number of hydrogen-bond acceptors (Lipinski definition) is 2. The van der Waals surface area contributed by atoms with E-state index in [4.69, 9.17) is 0 Å². The second kappa shape index (κ2) is 6.55. The number of aliphatic hydroxyl groups excluding tert-OH is 1. The molecule has 3 aliphatic heterocycles. The first-order valence-corrected chi connectivity index (χ1v) is 12.8. The SMILES string of the molecule is CC(C)CC1CN2CCC3=CC=CI(C)C=C3C2CC1O. The fraction of sp³-hybridized carbons (Fsp3) is 0.667. The van der Waals surface area contributed by atoms with Crippen molar-refractivity contribution < 1.29 is 5.11 Å². The van der Waals surface area contributed by atoms with E-state index in [0.29, 0.717) is 17.9 Å². The summed E-state index contributed by atoms with van der Waals surface area (Å²) in [6.45, 7) is 6.79. The molecule has 2 nitrogen and oxygen atoms in total. The maximum absolute atomic E-state index is 10.6. The van der Waals surface area contributed by atoms with Crippen molar-refractivity contribution in [1.29, 1.82) is 0 Å². The van der Waals surface area contributed by atoms with Gasteiger partial charge in [-0.2, -0.15) is 0 Å². The van der Waals surface area contributed by atoms with Gasteiger partial charge in [-0.05, 0) is 0 Å². The maximum atomic E-state index is 10.6. The van der Waals surface area contributed by atoms with E-state index in [2.05, 4.69) is 44.0 Å². The molecule has 3 atom stereocenters. The number of aliphatic hydroxyl groups is 1. The van der Waals surface area contributed by atoms with E-state index >= 15 is 0 Å². The van der Waals surface area contributed by atoms with Crippen molar-refractivity contribution in [2.45, 2.75) is 45.3 Å². The summed E-state index contributed by atoms with van der Waals surface area (Å²) >= 11 is -1.04. The first kappa shape index (κ1) is 15.8. The van der Waals surface area contributed by atoms with E-state index in [0.717, 1.165) is 19.4 Å². The van der Waals surface area contributed by atoms with Gasteiger partial charge >= 0.3 is 136 Å². The van der Waals surface area contributed by atoms with Gasteiger partial charge < -0.3 is 0 Å². The number of fused-ring (bicyclic) bond motifs is 3. The molecule has 0 spiro atoms. The van der Waals surface area contributed by atoms with Gasteiger partial charge in [-0.25, -0.2) is 0 Å². The Balaban J connectivity index is 1.80. The summed E-state index contributed by atoms with van der Waals surface area (Å²) in [5.74, 6) is 1.14. The topological polar surface area (TPSA) is 23.5 Å². The Hall–Kier alpha value is -0.130. The molecule has 3 heterocycles. The molecule has 0 aliphatic carbocycles. The molecule has 3 unspecified atom stereocenters. The van der Waals surface area contributed by atoms with Crippen LogP contribution in [-0.4, -0.2) is 40.2 Å². The normalized spacial score (nSPS) is 34.9. The average molecular weight is 401 g/mol. The van der Waals surface area contributed by atoms with Crippen LogP contribution in [0.25, 0.3) is 0 Å². The van der Waals surface area contributed by atoms with Crippen LogP contribution in [-0.2, 0) is 0 Å². The van der Waals surface area contributed by atoms with Gasteiger partial charge in [0.2, 0.25) is 0 Å². The molecule has 0 amide bonds. The van der Waals surface area contributed by atoms with Crippen molar-refractivity contribution in [2.24, 2.45) is 11.8 Å². The van der Waals surface area contributed by atoms with Crippen LogP contribution >= 0.6 is 19.8 Å². The standard InChI is InChI=1S/C18H28INO/c1-13(2)9-15-12-20-8-6-14-5-4-7-19(3)11-16(14)17(20)10-18(15)21/h4-5,7,11,13,15,17-18,21H,6,8-10,12H2,1-3H3. The summed E-state index contributed by atoms with van der Waals surface area (Å²) < 4.78 is 5.00. The van der Waals surface area contributed by atoms with E-state index < -0.39 is 19.8 Å². The summed E-state index contributed by atoms with van der Waals surface area (Å²) in [7, 11) is 0. The van der Waals surface area contributed by atoms with Gasteiger partial charge in [0.05, 0.1) is 0 Å². The number of hydrogen-bond donors (Lipinski definition) is 1. The van der Waals surface area contributed by atoms with Crippen LogP contribution in [0.2, 0.25) is 0 Å². The van der Waals surface area contributed by atoms with Crippen LogP contribution in [0.3, 0.4) is 0 Å². The fourth-order valence-corrected chi connectivity index (χ4v) is 6.91. The third-order valence-corrected chi connectivity index (χ3v) is 8.15. The van der Waals surface area contributed by atoms with Crippen LogP contribution < -0.4 is 0 Å². The van der Waals surface area contributed by atoms with Crippen LogP contribution in [0.1, 0.15) is 33.1 Å². The van der Waals surface area contributed by atoms with E-state index in [1.807, 2.05) is 0 Å². The number of allylic oxidation sites excluding steroid dienone is 2. The summed E-state index contributed by atoms with van der Waals surface area (Å²) in [5.41, 5.74) is 3.09. The molecule has 2 fully saturated rings. The molecule has 1 N–H and O–H groups in total. The summed E-state index contributed by atoms with van der Waals surface area (Å²) in [6.07, 6.45) is 7.76. The Labute approximate surface area is 136 Å². The van der Waals surface area contributed by atoms with Crippen molar-refractivity contribution >= 4 is 19.8 Å². The quantitative estimate of drug-likeness (QED) is 0.559. The van der Waals surface area contributed by atoms with Gasteiger partial charge in [-0.3, -0.25) is 0 Å². The molecule has 3 rings (SSSR count). The molecule has 0 bridgehead atoms. The second-order valence-electron chi connectivity index (χ2n) is 7.09. The molecular formula is C18H28INO. The van der Waals surface area contributed by atoms with Gasteiger partial charge in [0.15, 0.2) is 0 Å². The molecule has 118 valence electrons. The Morgan fingerprint density at radius 1 is 1.43 bits per heavy atom. The Kier molecular flexibility index (Phi) is 4.91. The third kappa shape index (κ3) is 3.45. The van der Waals surface area contributed by atoms with Gasteiger partial charge in [0.1, 0.15) is 0 Å². The molecule has 0 aromatic rings. The van der Waals surface area contributed by atoms with Gasteiger partial charge in [-0.15, -0.1) is 0 Å². The Bertz CT molecular complexity index is 480. The first-order chi connectivity index (χ1) is 10.0. The van der Waals surface area contributed by atoms with Crippen molar-refractivity contribution in [3.8, 4) is 0 Å². The molecule has 0 aromatic carbocycles. The third-order valence-electron chi connectivity index (χ3n) is 4.95. The van der Waals surface area contributed by atoms with Crippen LogP contribution in [0.15, 0.2) is 31.5 Å². The number of rotatable bonds is 2. The zero-order valence-corrected chi connectivity index (χ0v) is 15.6. The molecule has 3 heteroatoms. The summed E-state index contributed by atoms with van der Waals surface area (Å²) in [5, 5.41) is 10.6. The molecule has 0 saturated carbocycles. The van der Waals surface area contributed by atoms with Crippen LogP contribution in [0.5, 0.6) is 0 Å². The minimum atomic E-state index is -1.04. The van der Waals surface area contributed by atoms with E-state index in [9.17, 15) is 5.11 Å². The van der Waals surface area contributed by atoms with Gasteiger partial charge in [0, 0.05) is 0 Å². The van der Waals surface area contributed by atoms with Crippen molar-refractivity contribution in [2.75, 3.05) is 18.0 Å². The molecular weight excluding hydrogens is 373 g/mol. The molecule has 3 aliphatic rings. The van der Waals surface area contributed by atoms with E-state index in [1.165, 1.54) is 18.5 Å². The van der Waals surface area contributed by atoms with Gasteiger partial charge in [0.25, 0.3) is 0 Å². The first-order valence-electron chi connectivity index (χ1n) is 8.13. The van der Waals surface area contributed by atoms with Crippen molar-refractivity contribution in [3.05, 3.63) is 31.5 Å². The van der Waals surface area contributed by atoms with Crippen LogP contribution in [0.4, 0.5) is 0 Å². The fourth-order valence-electron chi connectivity index (χ4n) is 3.96. The average Bonchev–Trinajstić information content (AvgIpc) is 2.60. The van der Waals surface area contributed by atoms with Crippen molar-refractivity contribution in [3.63, 3.8) is 0 Å². The van der Waals surface area contributed by atoms with Crippen molar-refractivity contribution in [1.82, 2.24) is 4.90 Å². The zero-order valence-electron chi connectivity index (χ0n) is 13.4. The Morgan fingerprint density at radius 2 is 2.24 bits per heavy atom. The van der Waals surface area contributed by atoms with Crippen LogP contribution in [0, 0.1) is 11.8 Å². The van der Waals surface area contributed by atoms with E-state index in [-0.39, 0.29) is 6.10 Å². The summed E-state index contributed by atoms with van der Waals surface area (Å²) in [6, 6.07) is 0.475. The number of halogens is 1. The summed E-state index contributed by atoms with van der Waals surface area (Å²) in [4.78, 5) is 5.06. The molecule has 0 radical (unpaired) electrons. The predicted molar refractivity (Wildman–Crippen MR) is 98.8 cm³/mol. The number of nitrogens with zero attached hydrogens (tertiary/aromatic N) is 1. The molecule has 0 aromatic heterocycles. The number of piperidine rings is 2. The Morgan fingerprint density at radius 3 is 3.00 bits per heavy atom. The zero-order chi connectivity index (χ0) is 15.0. The minimum absolute atomic E-state index is 0.121. The predicted octanol–water partition coefficient (Wildman–Crippen LogP) is 3.96. The van der Waals surface area contributed by atoms with Gasteiger partial charge in [-0.1, -0.05) is 0 Å². The number of alkyl halides is 1.